The molecule has 0 aromatic heterocycles. The molecule has 1 fully saturated rings. The molecule has 3 rings (SSSR count). The van der Waals surface area contributed by atoms with Gasteiger partial charge in [0.05, 0.1) is 13.2 Å². The third-order valence-corrected chi connectivity index (χ3v) is 4.94. The van der Waals surface area contributed by atoms with Crippen molar-refractivity contribution in [1.82, 2.24) is 15.5 Å². The first kappa shape index (κ1) is 20.9. The monoisotopic (exact) mass is 394 g/mol. The highest BCUT2D eigenvalue weighted by atomic mass is 16.5. The molecular formula is C23H30N4O2. The minimum atomic E-state index is -0.0898. The van der Waals surface area contributed by atoms with E-state index >= 15 is 0 Å². The van der Waals surface area contributed by atoms with Crippen LogP contribution >= 0.6 is 0 Å². The van der Waals surface area contributed by atoms with E-state index in [9.17, 15) is 4.79 Å². The normalized spacial score (nSPS) is 17.1. The molecule has 2 aromatic rings. The Morgan fingerprint density at radius 1 is 1.14 bits per heavy atom. The van der Waals surface area contributed by atoms with Crippen LogP contribution in [0, 0.1) is 6.92 Å². The average molecular weight is 395 g/mol. The molecule has 154 valence electrons. The summed E-state index contributed by atoms with van der Waals surface area (Å²) >= 11 is 0. The van der Waals surface area contributed by atoms with E-state index in [1.54, 1.807) is 0 Å². The van der Waals surface area contributed by atoms with Crippen molar-refractivity contribution in [2.24, 2.45) is 4.99 Å². The van der Waals surface area contributed by atoms with E-state index in [0.717, 1.165) is 24.6 Å². The molecule has 0 aliphatic carbocycles. The lowest BCUT2D eigenvalue weighted by molar-refractivity contribution is -0.119. The molecule has 1 amide bonds. The van der Waals surface area contributed by atoms with Crippen LogP contribution in [-0.4, -0.2) is 49.6 Å². The first-order chi connectivity index (χ1) is 14.2. The molecule has 1 saturated heterocycles. The van der Waals surface area contributed by atoms with Crippen molar-refractivity contribution in [3.8, 4) is 0 Å². The van der Waals surface area contributed by atoms with E-state index in [-0.39, 0.29) is 18.6 Å². The number of benzene rings is 2. The van der Waals surface area contributed by atoms with Crippen molar-refractivity contribution in [2.45, 2.75) is 26.5 Å². The van der Waals surface area contributed by atoms with Crippen molar-refractivity contribution < 1.29 is 9.53 Å². The van der Waals surface area contributed by atoms with Gasteiger partial charge in [-0.2, -0.15) is 0 Å². The van der Waals surface area contributed by atoms with Gasteiger partial charge in [0.1, 0.15) is 12.6 Å². The van der Waals surface area contributed by atoms with Crippen LogP contribution in [0.2, 0.25) is 0 Å². The molecule has 1 aliphatic heterocycles. The van der Waals surface area contributed by atoms with Crippen molar-refractivity contribution in [3.05, 3.63) is 71.3 Å². The number of hydrogen-bond donors (Lipinski definition) is 2. The van der Waals surface area contributed by atoms with Crippen LogP contribution in [-0.2, 0) is 16.1 Å². The van der Waals surface area contributed by atoms with Crippen LogP contribution in [0.1, 0.15) is 29.7 Å². The molecule has 6 nitrogen and oxygen atoms in total. The van der Waals surface area contributed by atoms with E-state index in [4.69, 9.17) is 4.74 Å². The number of ether oxygens (including phenoxy) is 1. The van der Waals surface area contributed by atoms with Gasteiger partial charge in [0.2, 0.25) is 5.91 Å². The number of aliphatic imine (C=N–C) groups is 1. The zero-order valence-corrected chi connectivity index (χ0v) is 17.2. The van der Waals surface area contributed by atoms with Crippen molar-refractivity contribution in [3.63, 3.8) is 0 Å². The summed E-state index contributed by atoms with van der Waals surface area (Å²) in [5.74, 6) is 0.664. The third-order valence-electron chi connectivity index (χ3n) is 4.94. The van der Waals surface area contributed by atoms with E-state index in [1.165, 1.54) is 11.1 Å². The maximum absolute atomic E-state index is 12.2. The zero-order valence-electron chi connectivity index (χ0n) is 17.2. The lowest BCUT2D eigenvalue weighted by atomic mass is 10.0. The number of carbonyl (C=O) groups excluding carboxylic acids is 1. The maximum Gasteiger partial charge on any atom is 0.242 e. The average Bonchev–Trinajstić information content (AvgIpc) is 2.76. The van der Waals surface area contributed by atoms with Gasteiger partial charge in [-0.1, -0.05) is 54.6 Å². The molecule has 0 bridgehead atoms. The molecule has 0 spiro atoms. The summed E-state index contributed by atoms with van der Waals surface area (Å²) in [6.45, 7) is 7.58. The standard InChI is InChI=1S/C23H30N4O2/c1-3-24-23(26-16-22(28)25-15-19-10-5-4-6-11-19)27-13-14-29-21(17-27)20-12-8-7-9-18(20)2/h4-12,21H,3,13-17H2,1-2H3,(H,24,26)(H,25,28). The van der Waals surface area contributed by atoms with Crippen LogP contribution in [0.4, 0.5) is 0 Å². The predicted octanol–water partition coefficient (Wildman–Crippen LogP) is 2.65. The van der Waals surface area contributed by atoms with Gasteiger partial charge in [-0.25, -0.2) is 4.99 Å². The van der Waals surface area contributed by atoms with E-state index in [0.29, 0.717) is 19.7 Å². The summed E-state index contributed by atoms with van der Waals surface area (Å²) in [6, 6.07) is 18.2. The largest absolute Gasteiger partial charge is 0.370 e. The molecule has 1 atom stereocenters. The summed E-state index contributed by atoms with van der Waals surface area (Å²) in [5, 5.41) is 6.23. The number of morpholine rings is 1. The number of nitrogens with zero attached hydrogens (tertiary/aromatic N) is 2. The lowest BCUT2D eigenvalue weighted by Crippen LogP contribution is -2.48. The fourth-order valence-corrected chi connectivity index (χ4v) is 3.40. The summed E-state index contributed by atoms with van der Waals surface area (Å²) < 4.78 is 6.01. The Bertz CT molecular complexity index is 823. The molecule has 29 heavy (non-hydrogen) atoms. The molecule has 2 aromatic carbocycles. The minimum absolute atomic E-state index is 0.000660. The van der Waals surface area contributed by atoms with E-state index in [1.807, 2.05) is 49.4 Å². The van der Waals surface area contributed by atoms with Gasteiger partial charge in [0, 0.05) is 19.6 Å². The smallest absolute Gasteiger partial charge is 0.242 e. The van der Waals surface area contributed by atoms with Gasteiger partial charge >= 0.3 is 0 Å². The second kappa shape index (κ2) is 10.6. The number of rotatable bonds is 6. The Morgan fingerprint density at radius 3 is 2.66 bits per heavy atom. The number of amides is 1. The molecule has 0 radical (unpaired) electrons. The first-order valence-electron chi connectivity index (χ1n) is 10.2. The highest BCUT2D eigenvalue weighted by Crippen LogP contribution is 2.24. The van der Waals surface area contributed by atoms with Crippen molar-refractivity contribution >= 4 is 11.9 Å². The second-order valence-electron chi connectivity index (χ2n) is 7.09. The van der Waals surface area contributed by atoms with Crippen molar-refractivity contribution in [2.75, 3.05) is 32.8 Å². The third kappa shape index (κ3) is 6.06. The number of nitrogens with one attached hydrogen (secondary N) is 2. The quantitative estimate of drug-likeness (QED) is 0.584. The fourth-order valence-electron chi connectivity index (χ4n) is 3.40. The maximum atomic E-state index is 12.2. The lowest BCUT2D eigenvalue weighted by Gasteiger charge is -2.35. The summed E-state index contributed by atoms with van der Waals surface area (Å²) in [6.07, 6.45) is 0.000660. The van der Waals surface area contributed by atoms with Gasteiger partial charge in [0.25, 0.3) is 0 Å². The number of carbonyl (C=O) groups is 1. The Balaban J connectivity index is 1.60. The highest BCUT2D eigenvalue weighted by Gasteiger charge is 2.25. The van der Waals surface area contributed by atoms with Gasteiger partial charge in [0.15, 0.2) is 5.96 Å². The second-order valence-corrected chi connectivity index (χ2v) is 7.09. The highest BCUT2D eigenvalue weighted by molar-refractivity contribution is 5.85. The Hall–Kier alpha value is -2.86. The van der Waals surface area contributed by atoms with Gasteiger partial charge < -0.3 is 20.3 Å². The van der Waals surface area contributed by atoms with Crippen LogP contribution in [0.5, 0.6) is 0 Å². The van der Waals surface area contributed by atoms with Crippen LogP contribution in [0.3, 0.4) is 0 Å². The van der Waals surface area contributed by atoms with Gasteiger partial charge in [-0.3, -0.25) is 4.79 Å². The van der Waals surface area contributed by atoms with Crippen LogP contribution < -0.4 is 10.6 Å². The Labute approximate surface area is 173 Å². The minimum Gasteiger partial charge on any atom is -0.370 e. The zero-order chi connectivity index (χ0) is 20.5. The predicted molar refractivity (Wildman–Crippen MR) is 116 cm³/mol. The van der Waals surface area contributed by atoms with Gasteiger partial charge in [-0.05, 0) is 30.5 Å². The first-order valence-corrected chi connectivity index (χ1v) is 10.2. The molecule has 0 saturated carbocycles. The van der Waals surface area contributed by atoms with E-state index in [2.05, 4.69) is 39.6 Å². The molecule has 1 heterocycles. The molecular weight excluding hydrogens is 364 g/mol. The molecule has 1 unspecified atom stereocenters. The Morgan fingerprint density at radius 2 is 1.90 bits per heavy atom. The number of guanidine groups is 1. The summed E-state index contributed by atoms with van der Waals surface area (Å²) in [5.41, 5.74) is 3.50. The topological polar surface area (TPSA) is 66.0 Å². The van der Waals surface area contributed by atoms with Crippen molar-refractivity contribution in [1.29, 1.82) is 0 Å². The van der Waals surface area contributed by atoms with Gasteiger partial charge in [-0.15, -0.1) is 0 Å². The number of hydrogen-bond acceptors (Lipinski definition) is 3. The molecule has 2 N–H and O–H groups in total. The summed E-state index contributed by atoms with van der Waals surface area (Å²) in [4.78, 5) is 19.0. The molecule has 1 aliphatic rings. The van der Waals surface area contributed by atoms with Crippen LogP contribution in [0.15, 0.2) is 59.6 Å². The summed E-state index contributed by atoms with van der Waals surface area (Å²) in [7, 11) is 0. The van der Waals surface area contributed by atoms with E-state index < -0.39 is 0 Å². The van der Waals surface area contributed by atoms with Crippen LogP contribution in [0.25, 0.3) is 0 Å². The number of aryl methyl sites for hydroxylation is 1. The fraction of sp³-hybridized carbons (Fsp3) is 0.391. The SMILES string of the molecule is CCNC(=NCC(=O)NCc1ccccc1)N1CCOC(c2ccccc2C)C1. The molecule has 6 heteroatoms. The Kier molecular flexibility index (Phi) is 7.64.